The molecule has 1 fully saturated rings. The Morgan fingerprint density at radius 2 is 1.27 bits per heavy atom. The number of allylic oxidation sites excluding steroid dienone is 3. The minimum atomic E-state index is -0.394. The molecule has 7 heteroatoms. The number of nitrogens with zero attached hydrogens (tertiary/aromatic N) is 3. The van der Waals surface area contributed by atoms with Crippen molar-refractivity contribution in [3.05, 3.63) is 108 Å². The van der Waals surface area contributed by atoms with Crippen molar-refractivity contribution in [2.75, 3.05) is 0 Å². The number of hydrogen-bond acceptors (Lipinski definition) is 6. The zero-order valence-corrected chi connectivity index (χ0v) is 23.9. The van der Waals surface area contributed by atoms with Crippen LogP contribution < -0.4 is 0 Å². The van der Waals surface area contributed by atoms with E-state index in [0.29, 0.717) is 22.7 Å². The second kappa shape index (κ2) is 9.55. The van der Waals surface area contributed by atoms with Gasteiger partial charge in [0, 0.05) is 32.8 Å². The minimum absolute atomic E-state index is 0.160. The van der Waals surface area contributed by atoms with Crippen molar-refractivity contribution in [2.24, 2.45) is 0 Å². The van der Waals surface area contributed by atoms with Gasteiger partial charge in [0.2, 0.25) is 0 Å². The molecule has 40 heavy (non-hydrogen) atoms. The molecule has 0 saturated carbocycles. The molecule has 4 aromatic rings. The molecule has 3 aliphatic rings. The molecule has 5 nitrogen and oxygen atoms in total. The number of hydrogen-bond donors (Lipinski definition) is 0. The number of benzene rings is 3. The van der Waals surface area contributed by atoms with Gasteiger partial charge in [-0.3, -0.25) is 0 Å². The highest BCUT2D eigenvalue weighted by atomic mass is 32.2. The Morgan fingerprint density at radius 1 is 0.700 bits per heavy atom. The molecule has 1 aliphatic carbocycles. The zero-order valence-electron chi connectivity index (χ0n) is 23.0. The summed E-state index contributed by atoms with van der Waals surface area (Å²) in [6.07, 6.45) is 6.79. The van der Waals surface area contributed by atoms with Crippen LogP contribution in [0, 0.1) is 0 Å². The Labute approximate surface area is 239 Å². The number of thioether (sulfide) groups is 1. The average molecular weight is 544 g/mol. The van der Waals surface area contributed by atoms with E-state index in [0.717, 1.165) is 22.2 Å². The van der Waals surface area contributed by atoms with Crippen molar-refractivity contribution in [3.8, 4) is 34.2 Å². The molecule has 2 aliphatic heterocycles. The van der Waals surface area contributed by atoms with Gasteiger partial charge in [-0.25, -0.2) is 15.0 Å². The molecule has 2 atom stereocenters. The lowest BCUT2D eigenvalue weighted by molar-refractivity contribution is 0.00578. The summed E-state index contributed by atoms with van der Waals surface area (Å²) in [5.74, 6) is 2.18. The summed E-state index contributed by atoms with van der Waals surface area (Å²) in [6.45, 7) is 8.38. The van der Waals surface area contributed by atoms with Gasteiger partial charge < -0.3 is 9.31 Å². The molecule has 198 valence electrons. The highest BCUT2D eigenvalue weighted by Crippen LogP contribution is 2.52. The van der Waals surface area contributed by atoms with E-state index >= 15 is 0 Å². The zero-order chi connectivity index (χ0) is 27.5. The smallest absolute Gasteiger partial charge is 0.399 e. The van der Waals surface area contributed by atoms with E-state index in [-0.39, 0.29) is 17.1 Å². The molecule has 3 heterocycles. The minimum Gasteiger partial charge on any atom is -0.399 e. The fourth-order valence-corrected chi connectivity index (χ4v) is 6.78. The van der Waals surface area contributed by atoms with Crippen molar-refractivity contribution in [1.82, 2.24) is 15.0 Å². The maximum atomic E-state index is 6.40. The van der Waals surface area contributed by atoms with Crippen LogP contribution in [0.2, 0.25) is 0 Å². The van der Waals surface area contributed by atoms with E-state index in [4.69, 9.17) is 24.3 Å². The monoisotopic (exact) mass is 543 g/mol. The van der Waals surface area contributed by atoms with Crippen molar-refractivity contribution < 1.29 is 9.31 Å². The molecular weight excluding hydrogens is 513 g/mol. The van der Waals surface area contributed by atoms with Crippen molar-refractivity contribution in [1.29, 1.82) is 0 Å². The third-order valence-electron chi connectivity index (χ3n) is 8.33. The van der Waals surface area contributed by atoms with Crippen molar-refractivity contribution in [2.45, 2.75) is 55.0 Å². The van der Waals surface area contributed by atoms with E-state index in [1.165, 1.54) is 10.5 Å². The van der Waals surface area contributed by atoms with Gasteiger partial charge in [-0.2, -0.15) is 0 Å². The molecule has 1 saturated heterocycles. The van der Waals surface area contributed by atoms with Crippen molar-refractivity contribution >= 4 is 18.9 Å². The predicted octanol–water partition coefficient (Wildman–Crippen LogP) is 7.56. The van der Waals surface area contributed by atoms with Crippen LogP contribution in [0.4, 0.5) is 0 Å². The van der Waals surface area contributed by atoms with Crippen LogP contribution in [0.25, 0.3) is 34.2 Å². The summed E-state index contributed by atoms with van der Waals surface area (Å²) < 4.78 is 12.8. The van der Waals surface area contributed by atoms with Crippen LogP contribution in [0.3, 0.4) is 0 Å². The maximum absolute atomic E-state index is 6.40. The average Bonchev–Trinajstić information content (AvgIpc) is 3.45. The van der Waals surface area contributed by atoms with Gasteiger partial charge in [-0.1, -0.05) is 91.0 Å². The lowest BCUT2D eigenvalue weighted by Gasteiger charge is -2.32. The first-order chi connectivity index (χ1) is 19.3. The van der Waals surface area contributed by atoms with Gasteiger partial charge in [0.05, 0.1) is 11.2 Å². The lowest BCUT2D eigenvalue weighted by atomic mass is 9.72. The summed E-state index contributed by atoms with van der Waals surface area (Å²) in [4.78, 5) is 16.2. The predicted molar refractivity (Wildman–Crippen MR) is 162 cm³/mol. The first-order valence-corrected chi connectivity index (χ1v) is 14.6. The summed E-state index contributed by atoms with van der Waals surface area (Å²) in [5, 5.41) is 0.298. The first kappa shape index (κ1) is 25.5. The highest BCUT2D eigenvalue weighted by molar-refractivity contribution is 8.00. The van der Waals surface area contributed by atoms with Gasteiger partial charge in [-0.05, 0) is 44.8 Å². The fourth-order valence-electron chi connectivity index (χ4n) is 5.44. The standard InChI is InChI=1S/C33H30BN3O2S/c1-32(2)33(3,4)39-34(38-32)23-18-19-26-25(20-23)28-24(16-11-17-27(28)40-26)31-36-29(21-12-7-5-8-13-21)35-30(37-31)22-14-9-6-10-15-22/h5-20,25-26H,1-4H3. The molecule has 0 bridgehead atoms. The topological polar surface area (TPSA) is 57.1 Å². The second-order valence-electron chi connectivity index (χ2n) is 11.5. The van der Waals surface area contributed by atoms with Gasteiger partial charge in [0.25, 0.3) is 0 Å². The van der Waals surface area contributed by atoms with Gasteiger partial charge in [0.15, 0.2) is 17.5 Å². The van der Waals surface area contributed by atoms with Crippen LogP contribution in [0.5, 0.6) is 0 Å². The van der Waals surface area contributed by atoms with E-state index in [2.05, 4.69) is 64.1 Å². The SMILES string of the molecule is CC1(C)OB(C2=CC3c4c(cccc4-c4nc(-c5ccccc5)nc(-c5ccccc5)n4)SC3C=C2)OC1(C)C. The summed E-state index contributed by atoms with van der Waals surface area (Å²) in [6, 6.07) is 26.7. The van der Waals surface area contributed by atoms with Crippen LogP contribution >= 0.6 is 11.8 Å². The number of rotatable bonds is 4. The Kier molecular flexibility index (Phi) is 6.07. The third-order valence-corrected chi connectivity index (χ3v) is 9.66. The van der Waals surface area contributed by atoms with Gasteiger partial charge in [-0.15, -0.1) is 11.8 Å². The van der Waals surface area contributed by atoms with E-state index in [1.54, 1.807) is 0 Å². The quantitative estimate of drug-likeness (QED) is 0.248. The highest BCUT2D eigenvalue weighted by Gasteiger charge is 2.52. The summed E-state index contributed by atoms with van der Waals surface area (Å²) in [7, 11) is -0.394. The van der Waals surface area contributed by atoms with Crippen molar-refractivity contribution in [3.63, 3.8) is 0 Å². The third kappa shape index (κ3) is 4.33. The molecule has 0 radical (unpaired) electrons. The number of aromatic nitrogens is 3. The summed E-state index contributed by atoms with van der Waals surface area (Å²) in [5.41, 5.74) is 4.51. The van der Waals surface area contributed by atoms with Crippen LogP contribution in [-0.4, -0.2) is 38.5 Å². The van der Waals surface area contributed by atoms with Gasteiger partial charge >= 0.3 is 7.12 Å². The molecule has 3 aromatic carbocycles. The van der Waals surface area contributed by atoms with E-state index < -0.39 is 7.12 Å². The molecule has 1 aromatic heterocycles. The Bertz CT molecular complexity index is 1580. The van der Waals surface area contributed by atoms with E-state index in [9.17, 15) is 0 Å². The Morgan fingerprint density at radius 3 is 1.88 bits per heavy atom. The van der Waals surface area contributed by atoms with E-state index in [1.807, 2.05) is 72.4 Å². The number of fused-ring (bicyclic) bond motifs is 3. The van der Waals surface area contributed by atoms with Crippen LogP contribution in [0.15, 0.2) is 107 Å². The van der Waals surface area contributed by atoms with Crippen LogP contribution in [0.1, 0.15) is 39.2 Å². The first-order valence-electron chi connectivity index (χ1n) is 13.7. The van der Waals surface area contributed by atoms with Crippen LogP contribution in [-0.2, 0) is 9.31 Å². The molecule has 2 unspecified atom stereocenters. The molecule has 7 rings (SSSR count). The maximum Gasteiger partial charge on any atom is 0.494 e. The fraction of sp³-hybridized carbons (Fsp3) is 0.242. The largest absolute Gasteiger partial charge is 0.494 e. The second-order valence-corrected chi connectivity index (χ2v) is 12.7. The molecule has 0 N–H and O–H groups in total. The Hall–Kier alpha value is -3.52. The molecular formula is C33H30BN3O2S. The lowest BCUT2D eigenvalue weighted by Crippen LogP contribution is -2.41. The Balaban J connectivity index is 1.34. The molecule has 0 amide bonds. The normalized spacial score (nSPS) is 22.1. The molecule has 0 spiro atoms. The van der Waals surface area contributed by atoms with Gasteiger partial charge in [0.1, 0.15) is 0 Å². The summed E-state index contributed by atoms with van der Waals surface area (Å²) >= 11 is 1.89.